The second kappa shape index (κ2) is 8.85. The molecule has 0 aliphatic rings. The fourth-order valence-corrected chi connectivity index (χ4v) is 3.06. The second-order valence-electron chi connectivity index (χ2n) is 6.52. The molecule has 140 valence electrons. The Hall–Kier alpha value is -2.34. The Kier molecular flexibility index (Phi) is 6.80. The SMILES string of the molecule is CCS(=O)(=O)Oc1cccc(CN(CC(C)C)C(=O)c2ccccc2)c1. The van der Waals surface area contributed by atoms with Crippen LogP contribution in [0.1, 0.15) is 36.7 Å². The number of hydrogen-bond donors (Lipinski definition) is 0. The molecule has 0 aliphatic heterocycles. The van der Waals surface area contributed by atoms with E-state index in [1.807, 2.05) is 24.3 Å². The molecule has 0 spiro atoms. The van der Waals surface area contributed by atoms with Gasteiger partial charge in [0.2, 0.25) is 0 Å². The van der Waals surface area contributed by atoms with Crippen LogP contribution in [0.2, 0.25) is 0 Å². The number of hydrogen-bond acceptors (Lipinski definition) is 4. The summed E-state index contributed by atoms with van der Waals surface area (Å²) in [5.74, 6) is 0.429. The topological polar surface area (TPSA) is 63.7 Å². The Balaban J connectivity index is 2.22. The van der Waals surface area contributed by atoms with Crippen LogP contribution in [-0.4, -0.2) is 31.5 Å². The molecular formula is C20H25NO4S. The van der Waals surface area contributed by atoms with E-state index >= 15 is 0 Å². The predicted molar refractivity (Wildman–Crippen MR) is 103 cm³/mol. The molecule has 6 heteroatoms. The average Bonchev–Trinajstić information content (AvgIpc) is 2.61. The first-order chi connectivity index (χ1) is 12.3. The molecule has 0 fully saturated rings. The van der Waals surface area contributed by atoms with Crippen molar-refractivity contribution in [2.45, 2.75) is 27.3 Å². The van der Waals surface area contributed by atoms with Gasteiger partial charge < -0.3 is 9.08 Å². The molecule has 0 atom stereocenters. The molecule has 0 radical (unpaired) electrons. The lowest BCUT2D eigenvalue weighted by Crippen LogP contribution is -2.33. The summed E-state index contributed by atoms with van der Waals surface area (Å²) in [7, 11) is -3.58. The third kappa shape index (κ3) is 5.88. The summed E-state index contributed by atoms with van der Waals surface area (Å²) >= 11 is 0. The molecule has 0 aromatic heterocycles. The summed E-state index contributed by atoms with van der Waals surface area (Å²) in [6.07, 6.45) is 0. The summed E-state index contributed by atoms with van der Waals surface area (Å²) < 4.78 is 28.4. The summed E-state index contributed by atoms with van der Waals surface area (Å²) in [6.45, 7) is 6.63. The van der Waals surface area contributed by atoms with Gasteiger partial charge in [-0.1, -0.05) is 44.2 Å². The van der Waals surface area contributed by atoms with Crippen LogP contribution in [0.5, 0.6) is 5.75 Å². The minimum absolute atomic E-state index is 0.0493. The fraction of sp³-hybridized carbons (Fsp3) is 0.350. The highest BCUT2D eigenvalue weighted by Gasteiger charge is 2.18. The van der Waals surface area contributed by atoms with Crippen LogP contribution in [0.4, 0.5) is 0 Å². The van der Waals surface area contributed by atoms with E-state index in [9.17, 15) is 13.2 Å². The molecule has 0 saturated heterocycles. The van der Waals surface area contributed by atoms with Gasteiger partial charge in [-0.15, -0.1) is 0 Å². The highest BCUT2D eigenvalue weighted by molar-refractivity contribution is 7.87. The molecular weight excluding hydrogens is 350 g/mol. The largest absolute Gasteiger partial charge is 0.382 e. The molecule has 5 nitrogen and oxygen atoms in total. The van der Waals surface area contributed by atoms with E-state index < -0.39 is 10.1 Å². The van der Waals surface area contributed by atoms with E-state index in [2.05, 4.69) is 13.8 Å². The van der Waals surface area contributed by atoms with Gasteiger partial charge >= 0.3 is 10.1 Å². The maximum absolute atomic E-state index is 12.8. The van der Waals surface area contributed by atoms with Crippen LogP contribution in [0.3, 0.4) is 0 Å². The Morgan fingerprint density at radius 3 is 2.38 bits per heavy atom. The number of nitrogens with zero attached hydrogens (tertiary/aromatic N) is 1. The Bertz CT molecular complexity index is 832. The van der Waals surface area contributed by atoms with Crippen molar-refractivity contribution >= 4 is 16.0 Å². The first kappa shape index (κ1) is 20.0. The quantitative estimate of drug-likeness (QED) is 0.660. The number of rotatable bonds is 8. The Morgan fingerprint density at radius 1 is 1.08 bits per heavy atom. The third-order valence-corrected chi connectivity index (χ3v) is 4.90. The van der Waals surface area contributed by atoms with Crippen molar-refractivity contribution in [2.24, 2.45) is 5.92 Å². The minimum atomic E-state index is -3.58. The van der Waals surface area contributed by atoms with Gasteiger partial charge in [-0.05, 0) is 42.7 Å². The zero-order valence-electron chi connectivity index (χ0n) is 15.4. The fourth-order valence-electron chi connectivity index (χ4n) is 2.54. The molecule has 0 heterocycles. The van der Waals surface area contributed by atoms with Gasteiger partial charge in [0.15, 0.2) is 0 Å². The molecule has 26 heavy (non-hydrogen) atoms. The number of amides is 1. The van der Waals surface area contributed by atoms with E-state index in [4.69, 9.17) is 4.18 Å². The molecule has 0 saturated carbocycles. The monoisotopic (exact) mass is 375 g/mol. The van der Waals surface area contributed by atoms with Gasteiger partial charge in [-0.3, -0.25) is 4.79 Å². The lowest BCUT2D eigenvalue weighted by Gasteiger charge is -2.25. The van der Waals surface area contributed by atoms with Crippen LogP contribution in [0, 0.1) is 5.92 Å². The highest BCUT2D eigenvalue weighted by Crippen LogP contribution is 2.19. The van der Waals surface area contributed by atoms with Gasteiger partial charge in [0.1, 0.15) is 5.75 Å². The minimum Gasteiger partial charge on any atom is -0.382 e. The van der Waals surface area contributed by atoms with E-state index in [-0.39, 0.29) is 17.4 Å². The maximum atomic E-state index is 12.8. The van der Waals surface area contributed by atoms with E-state index in [1.165, 1.54) is 6.92 Å². The highest BCUT2D eigenvalue weighted by atomic mass is 32.2. The van der Waals surface area contributed by atoms with Crippen molar-refractivity contribution in [3.63, 3.8) is 0 Å². The predicted octanol–water partition coefficient (Wildman–Crippen LogP) is 3.71. The summed E-state index contributed by atoms with van der Waals surface area (Å²) in [5, 5.41) is 0. The molecule has 1 amide bonds. The molecule has 0 N–H and O–H groups in total. The van der Waals surface area contributed by atoms with Crippen molar-refractivity contribution in [1.29, 1.82) is 0 Å². The second-order valence-corrected chi connectivity index (χ2v) is 8.38. The van der Waals surface area contributed by atoms with Crippen LogP contribution < -0.4 is 4.18 Å². The first-order valence-corrected chi connectivity index (χ1v) is 10.2. The number of benzene rings is 2. The summed E-state index contributed by atoms with van der Waals surface area (Å²) in [4.78, 5) is 14.6. The van der Waals surface area contributed by atoms with Crippen molar-refractivity contribution in [1.82, 2.24) is 4.90 Å². The lowest BCUT2D eigenvalue weighted by molar-refractivity contribution is 0.0722. The first-order valence-electron chi connectivity index (χ1n) is 8.66. The Labute approximate surface area is 155 Å². The Morgan fingerprint density at radius 2 is 1.77 bits per heavy atom. The van der Waals surface area contributed by atoms with Crippen molar-refractivity contribution in [2.75, 3.05) is 12.3 Å². The van der Waals surface area contributed by atoms with Gasteiger partial charge in [0.25, 0.3) is 5.91 Å². The van der Waals surface area contributed by atoms with Crippen LogP contribution in [0.15, 0.2) is 54.6 Å². The molecule has 0 aliphatic carbocycles. The third-order valence-electron chi connectivity index (χ3n) is 3.74. The maximum Gasteiger partial charge on any atom is 0.308 e. The lowest BCUT2D eigenvalue weighted by atomic mass is 10.1. The van der Waals surface area contributed by atoms with Gasteiger partial charge in [-0.2, -0.15) is 8.42 Å². The normalized spacial score (nSPS) is 11.4. The zero-order chi connectivity index (χ0) is 19.2. The van der Waals surface area contributed by atoms with Gasteiger partial charge in [0.05, 0.1) is 5.75 Å². The summed E-state index contributed by atoms with van der Waals surface area (Å²) in [5.41, 5.74) is 1.45. The molecule has 0 unspecified atom stereocenters. The van der Waals surface area contributed by atoms with Crippen molar-refractivity contribution < 1.29 is 17.4 Å². The average molecular weight is 375 g/mol. The van der Waals surface area contributed by atoms with E-state index in [1.54, 1.807) is 35.2 Å². The van der Waals surface area contributed by atoms with Crippen molar-refractivity contribution in [3.8, 4) is 5.75 Å². The molecule has 2 aromatic carbocycles. The van der Waals surface area contributed by atoms with Crippen LogP contribution >= 0.6 is 0 Å². The van der Waals surface area contributed by atoms with Crippen LogP contribution in [-0.2, 0) is 16.7 Å². The van der Waals surface area contributed by atoms with Gasteiger partial charge in [-0.25, -0.2) is 0 Å². The van der Waals surface area contributed by atoms with Crippen LogP contribution in [0.25, 0.3) is 0 Å². The number of carbonyl (C=O) groups is 1. The molecule has 2 aromatic rings. The number of carbonyl (C=O) groups excluding carboxylic acids is 1. The van der Waals surface area contributed by atoms with E-state index in [0.29, 0.717) is 24.6 Å². The standard InChI is InChI=1S/C20H25NO4S/c1-4-26(23,24)25-19-12-8-9-17(13-19)15-21(14-16(2)3)20(22)18-10-6-5-7-11-18/h5-13,16H,4,14-15H2,1-3H3. The molecule has 0 bridgehead atoms. The summed E-state index contributed by atoms with van der Waals surface area (Å²) in [6, 6.07) is 16.0. The molecule has 2 rings (SSSR count). The van der Waals surface area contributed by atoms with Gasteiger partial charge in [0, 0.05) is 18.7 Å². The van der Waals surface area contributed by atoms with Crippen molar-refractivity contribution in [3.05, 3.63) is 65.7 Å². The smallest absolute Gasteiger partial charge is 0.308 e. The van der Waals surface area contributed by atoms with E-state index in [0.717, 1.165) is 5.56 Å². The zero-order valence-corrected chi connectivity index (χ0v) is 16.2.